The molecular formula is C13H26N2O2S. The molecule has 1 saturated heterocycles. The van der Waals surface area contributed by atoms with Crippen molar-refractivity contribution >= 4 is 10.0 Å². The largest absolute Gasteiger partial charge is 0.315 e. The van der Waals surface area contributed by atoms with Crippen LogP contribution in [0.5, 0.6) is 0 Å². The molecule has 0 radical (unpaired) electrons. The van der Waals surface area contributed by atoms with Crippen molar-refractivity contribution in [3.8, 4) is 0 Å². The number of piperidine rings is 1. The lowest BCUT2D eigenvalue weighted by atomic mass is 9.80. The van der Waals surface area contributed by atoms with Crippen LogP contribution in [-0.2, 0) is 10.0 Å². The van der Waals surface area contributed by atoms with Gasteiger partial charge in [-0.3, -0.25) is 0 Å². The maximum Gasteiger partial charge on any atom is 0.215 e. The van der Waals surface area contributed by atoms with Crippen molar-refractivity contribution in [2.45, 2.75) is 57.2 Å². The summed E-state index contributed by atoms with van der Waals surface area (Å²) < 4.78 is 27.6. The summed E-state index contributed by atoms with van der Waals surface area (Å²) in [6.07, 6.45) is 5.01. The predicted octanol–water partition coefficient (Wildman–Crippen LogP) is 1.48. The van der Waals surface area contributed by atoms with Crippen molar-refractivity contribution in [2.75, 3.05) is 13.1 Å². The Balaban J connectivity index is 1.94. The van der Waals surface area contributed by atoms with Crippen LogP contribution in [0, 0.1) is 11.8 Å². The summed E-state index contributed by atoms with van der Waals surface area (Å²) in [4.78, 5) is 0. The lowest BCUT2D eigenvalue weighted by Gasteiger charge is -2.34. The molecule has 1 aliphatic carbocycles. The molecule has 4 nitrogen and oxygen atoms in total. The van der Waals surface area contributed by atoms with E-state index in [4.69, 9.17) is 0 Å². The normalized spacial score (nSPS) is 38.6. The molecule has 1 heterocycles. The Morgan fingerprint density at radius 3 is 2.56 bits per heavy atom. The third-order valence-corrected chi connectivity index (χ3v) is 6.35. The molecule has 1 aliphatic heterocycles. The monoisotopic (exact) mass is 274 g/mol. The van der Waals surface area contributed by atoms with E-state index in [0.29, 0.717) is 12.5 Å². The second-order valence-corrected chi connectivity index (χ2v) is 8.13. The van der Waals surface area contributed by atoms with E-state index in [1.54, 1.807) is 0 Å². The average Bonchev–Trinajstić information content (AvgIpc) is 2.34. The molecule has 1 saturated carbocycles. The van der Waals surface area contributed by atoms with E-state index in [9.17, 15) is 8.42 Å². The number of hydrogen-bond donors (Lipinski definition) is 2. The Kier molecular flexibility index (Phi) is 4.67. The summed E-state index contributed by atoms with van der Waals surface area (Å²) in [6, 6.07) is 0.146. The Morgan fingerprint density at radius 2 is 1.94 bits per heavy atom. The first-order chi connectivity index (χ1) is 8.49. The van der Waals surface area contributed by atoms with E-state index >= 15 is 0 Å². The molecule has 0 spiro atoms. The van der Waals surface area contributed by atoms with Crippen LogP contribution in [0.2, 0.25) is 0 Å². The highest BCUT2D eigenvalue weighted by Gasteiger charge is 2.33. The zero-order chi connectivity index (χ0) is 13.2. The molecule has 4 atom stereocenters. The highest BCUT2D eigenvalue weighted by Crippen LogP contribution is 2.29. The van der Waals surface area contributed by atoms with Crippen molar-refractivity contribution in [1.82, 2.24) is 10.0 Å². The molecule has 2 aliphatic rings. The second-order valence-electron chi connectivity index (χ2n) is 6.13. The first-order valence-electron chi connectivity index (χ1n) is 7.21. The van der Waals surface area contributed by atoms with Crippen LogP contribution in [0.4, 0.5) is 0 Å². The van der Waals surface area contributed by atoms with Crippen LogP contribution in [0.15, 0.2) is 0 Å². The third-order valence-electron chi connectivity index (χ3n) is 4.44. The summed E-state index contributed by atoms with van der Waals surface area (Å²) in [6.45, 7) is 5.98. The number of sulfonamides is 1. The van der Waals surface area contributed by atoms with Gasteiger partial charge in [-0.1, -0.05) is 13.8 Å². The fourth-order valence-corrected chi connectivity index (χ4v) is 5.01. The van der Waals surface area contributed by atoms with Crippen LogP contribution in [0.25, 0.3) is 0 Å². The second kappa shape index (κ2) is 5.88. The topological polar surface area (TPSA) is 58.2 Å². The molecule has 0 aromatic rings. The van der Waals surface area contributed by atoms with Gasteiger partial charge >= 0.3 is 0 Å². The van der Waals surface area contributed by atoms with Crippen molar-refractivity contribution in [3.05, 3.63) is 0 Å². The van der Waals surface area contributed by atoms with E-state index in [1.165, 1.54) is 0 Å². The number of nitrogens with one attached hydrogen (secondary N) is 2. The van der Waals surface area contributed by atoms with Gasteiger partial charge in [0.05, 0.1) is 5.25 Å². The van der Waals surface area contributed by atoms with Gasteiger partial charge in [0.15, 0.2) is 0 Å². The average molecular weight is 274 g/mol. The van der Waals surface area contributed by atoms with Gasteiger partial charge in [-0.2, -0.15) is 0 Å². The Morgan fingerprint density at radius 1 is 1.17 bits per heavy atom. The molecule has 0 aromatic heterocycles. The van der Waals surface area contributed by atoms with Gasteiger partial charge in [-0.15, -0.1) is 0 Å². The van der Waals surface area contributed by atoms with Crippen molar-refractivity contribution < 1.29 is 8.42 Å². The van der Waals surface area contributed by atoms with E-state index in [0.717, 1.165) is 44.6 Å². The van der Waals surface area contributed by atoms with Crippen LogP contribution in [0.1, 0.15) is 46.0 Å². The smallest absolute Gasteiger partial charge is 0.215 e. The first-order valence-corrected chi connectivity index (χ1v) is 8.75. The maximum atomic E-state index is 12.3. The fourth-order valence-electron chi connectivity index (χ4n) is 3.23. The van der Waals surface area contributed by atoms with Gasteiger partial charge in [0.2, 0.25) is 10.0 Å². The van der Waals surface area contributed by atoms with E-state index < -0.39 is 10.0 Å². The van der Waals surface area contributed by atoms with Gasteiger partial charge in [0, 0.05) is 12.6 Å². The fraction of sp³-hybridized carbons (Fsp3) is 1.00. The van der Waals surface area contributed by atoms with Crippen LogP contribution in [-0.4, -0.2) is 32.8 Å². The first kappa shape index (κ1) is 14.3. The summed E-state index contributed by atoms with van der Waals surface area (Å²) in [7, 11) is -3.15. The Hall–Kier alpha value is -0.130. The Bertz CT molecular complexity index is 363. The molecule has 2 fully saturated rings. The van der Waals surface area contributed by atoms with E-state index in [1.807, 2.05) is 0 Å². The number of hydrogen-bond acceptors (Lipinski definition) is 3. The van der Waals surface area contributed by atoms with E-state index in [-0.39, 0.29) is 11.3 Å². The van der Waals surface area contributed by atoms with Crippen LogP contribution >= 0.6 is 0 Å². The molecule has 5 heteroatoms. The molecule has 106 valence electrons. The van der Waals surface area contributed by atoms with Crippen molar-refractivity contribution in [3.63, 3.8) is 0 Å². The van der Waals surface area contributed by atoms with Crippen LogP contribution in [0.3, 0.4) is 0 Å². The molecule has 18 heavy (non-hydrogen) atoms. The Labute approximate surface area is 111 Å². The van der Waals surface area contributed by atoms with Gasteiger partial charge in [0.25, 0.3) is 0 Å². The van der Waals surface area contributed by atoms with Crippen molar-refractivity contribution in [1.29, 1.82) is 0 Å². The lowest BCUT2D eigenvalue weighted by Crippen LogP contribution is -2.50. The summed E-state index contributed by atoms with van der Waals surface area (Å²) >= 11 is 0. The van der Waals surface area contributed by atoms with Gasteiger partial charge < -0.3 is 5.32 Å². The molecular weight excluding hydrogens is 248 g/mol. The van der Waals surface area contributed by atoms with E-state index in [2.05, 4.69) is 23.9 Å². The zero-order valence-corrected chi connectivity index (χ0v) is 12.3. The van der Waals surface area contributed by atoms with Crippen molar-refractivity contribution in [2.24, 2.45) is 11.8 Å². The van der Waals surface area contributed by atoms with Gasteiger partial charge in [-0.25, -0.2) is 13.1 Å². The molecule has 0 aromatic carbocycles. The van der Waals surface area contributed by atoms with Gasteiger partial charge in [-0.05, 0) is 50.5 Å². The number of rotatable bonds is 3. The summed E-state index contributed by atoms with van der Waals surface area (Å²) in [5, 5.41) is 2.94. The lowest BCUT2D eigenvalue weighted by molar-refractivity contribution is 0.248. The molecule has 2 N–H and O–H groups in total. The zero-order valence-electron chi connectivity index (χ0n) is 11.5. The standard InChI is InChI=1S/C13H26N2O2S/c1-10-5-6-13(11(2)8-10)15-18(16,17)12-4-3-7-14-9-12/h10-15H,3-9H2,1-2H3. The van der Waals surface area contributed by atoms with Crippen LogP contribution < -0.4 is 10.0 Å². The quantitative estimate of drug-likeness (QED) is 0.819. The highest BCUT2D eigenvalue weighted by atomic mass is 32.2. The maximum absolute atomic E-state index is 12.3. The predicted molar refractivity (Wildman–Crippen MR) is 73.9 cm³/mol. The molecule has 2 rings (SSSR count). The minimum Gasteiger partial charge on any atom is -0.315 e. The third kappa shape index (κ3) is 3.45. The summed E-state index contributed by atoms with van der Waals surface area (Å²) in [5.74, 6) is 1.19. The SMILES string of the molecule is CC1CCC(NS(=O)(=O)C2CCCNC2)C(C)C1. The van der Waals surface area contributed by atoms with Gasteiger partial charge in [0.1, 0.15) is 0 Å². The molecule has 4 unspecified atom stereocenters. The summed E-state index contributed by atoms with van der Waals surface area (Å²) in [5.41, 5.74) is 0. The molecule has 0 bridgehead atoms. The molecule has 0 amide bonds. The highest BCUT2D eigenvalue weighted by molar-refractivity contribution is 7.90. The minimum atomic E-state index is -3.15. The minimum absolute atomic E-state index is 0.146.